The number of hydrogen-bond acceptors (Lipinski definition) is 2. The Bertz CT molecular complexity index is 3730. The lowest BCUT2D eigenvalue weighted by Crippen LogP contribution is -2.31. The number of rotatable bonds is 9. The molecule has 69 heavy (non-hydrogen) atoms. The monoisotopic (exact) mass is 897 g/mol. The number of thiophene rings is 1. The van der Waals surface area contributed by atoms with Gasteiger partial charge in [0.1, 0.15) is 0 Å². The minimum atomic E-state index is -0.402. The summed E-state index contributed by atoms with van der Waals surface area (Å²) in [6.45, 7) is 0. The maximum absolute atomic E-state index is 2.56. The minimum absolute atomic E-state index is 0.402. The van der Waals surface area contributed by atoms with Crippen molar-refractivity contribution < 1.29 is 0 Å². The summed E-state index contributed by atoms with van der Waals surface area (Å²) in [5.74, 6) is 0. The molecule has 1 aromatic heterocycles. The van der Waals surface area contributed by atoms with E-state index in [1.807, 2.05) is 11.3 Å². The van der Waals surface area contributed by atoms with E-state index >= 15 is 0 Å². The van der Waals surface area contributed by atoms with Gasteiger partial charge < -0.3 is 4.90 Å². The maximum Gasteiger partial charge on any atom is 0.0676 e. The highest BCUT2D eigenvalue weighted by Gasteiger charge is 2.48. The van der Waals surface area contributed by atoms with Crippen LogP contribution in [0.1, 0.15) is 35.1 Å². The van der Waals surface area contributed by atoms with E-state index in [0.717, 1.165) is 24.2 Å². The second-order valence-corrected chi connectivity index (χ2v) is 19.3. The Hall–Kier alpha value is -8.30. The van der Waals surface area contributed by atoms with Crippen LogP contribution in [-0.2, 0) is 5.41 Å². The van der Waals surface area contributed by atoms with Crippen LogP contribution in [0.25, 0.3) is 70.3 Å². The summed E-state index contributed by atoms with van der Waals surface area (Å²) in [5.41, 5.74) is 20.9. The van der Waals surface area contributed by atoms with E-state index in [1.165, 1.54) is 104 Å². The number of para-hydroxylation sites is 1. The zero-order valence-electron chi connectivity index (χ0n) is 38.1. The van der Waals surface area contributed by atoms with Crippen molar-refractivity contribution in [1.82, 2.24) is 0 Å². The first-order chi connectivity index (χ1) is 34.2. The van der Waals surface area contributed by atoms with Gasteiger partial charge in [-0.2, -0.15) is 0 Å². The molecule has 326 valence electrons. The van der Waals surface area contributed by atoms with Crippen molar-refractivity contribution in [3.8, 4) is 44.5 Å². The first-order valence-electron chi connectivity index (χ1n) is 24.0. The first kappa shape index (κ1) is 40.9. The summed E-state index contributed by atoms with van der Waals surface area (Å²) in [4.78, 5) is 2.56. The predicted octanol–water partition coefficient (Wildman–Crippen LogP) is 18.3. The molecule has 2 heteroatoms. The Kier molecular flexibility index (Phi) is 10.1. The fraction of sp³-hybridized carbons (Fsp3) is 0.0448. The van der Waals surface area contributed by atoms with Gasteiger partial charge in [0.2, 0.25) is 0 Å². The first-order valence-corrected chi connectivity index (χ1v) is 24.9. The van der Waals surface area contributed by atoms with E-state index in [1.54, 1.807) is 0 Å². The summed E-state index contributed by atoms with van der Waals surface area (Å²) in [5, 5.41) is 2.64. The Morgan fingerprint density at radius 2 is 0.884 bits per heavy atom. The van der Waals surface area contributed by atoms with Crippen molar-refractivity contribution in [2.45, 2.75) is 18.3 Å². The predicted molar refractivity (Wildman–Crippen MR) is 293 cm³/mol. The zero-order chi connectivity index (χ0) is 45.7. The van der Waals surface area contributed by atoms with Crippen LogP contribution in [0, 0.1) is 0 Å². The molecule has 0 spiro atoms. The van der Waals surface area contributed by atoms with Gasteiger partial charge in [0.05, 0.1) is 11.1 Å². The van der Waals surface area contributed by atoms with Gasteiger partial charge in [-0.15, -0.1) is 11.3 Å². The molecule has 11 aromatic rings. The Morgan fingerprint density at radius 3 is 1.59 bits per heavy atom. The van der Waals surface area contributed by atoms with Crippen molar-refractivity contribution in [3.63, 3.8) is 0 Å². The van der Waals surface area contributed by atoms with Gasteiger partial charge in [0.25, 0.3) is 0 Å². The Balaban J connectivity index is 1.01. The molecule has 0 saturated carbocycles. The van der Waals surface area contributed by atoms with Crippen LogP contribution in [0.3, 0.4) is 0 Å². The molecule has 0 radical (unpaired) electrons. The highest BCUT2D eigenvalue weighted by Crippen LogP contribution is 2.58. The van der Waals surface area contributed by atoms with Crippen LogP contribution in [-0.4, -0.2) is 0 Å². The van der Waals surface area contributed by atoms with Crippen molar-refractivity contribution in [1.29, 1.82) is 0 Å². The van der Waals surface area contributed by atoms with Crippen LogP contribution >= 0.6 is 11.3 Å². The molecule has 0 N–H and O–H groups in total. The molecule has 10 aromatic carbocycles. The lowest BCUT2D eigenvalue weighted by Gasteiger charge is -2.38. The maximum atomic E-state index is 2.56. The third-order valence-corrected chi connectivity index (χ3v) is 15.7. The molecule has 2 aliphatic rings. The topological polar surface area (TPSA) is 3.24 Å². The van der Waals surface area contributed by atoms with Crippen molar-refractivity contribution >= 4 is 48.5 Å². The molecule has 0 atom stereocenters. The SMILES string of the molecule is C1=C(N(c2ccc(-c3ccc4sc5ccccc5c4c3)cc2)c2ccccc2-c2ccccc2-c2ccccc2-c2ccccc2)CCC2=C1c1ccccc1C2(c1ccccc1)c1ccccc1. The fourth-order valence-electron chi connectivity index (χ4n) is 11.5. The summed E-state index contributed by atoms with van der Waals surface area (Å²) in [7, 11) is 0. The summed E-state index contributed by atoms with van der Waals surface area (Å²) in [6, 6.07) is 94.2. The quantitative estimate of drug-likeness (QED) is 0.140. The Labute approximate surface area is 408 Å². The molecule has 0 saturated heterocycles. The average molecular weight is 898 g/mol. The highest BCUT2D eigenvalue weighted by molar-refractivity contribution is 7.25. The molecule has 0 bridgehead atoms. The number of anilines is 2. The van der Waals surface area contributed by atoms with Gasteiger partial charge >= 0.3 is 0 Å². The molecule has 0 aliphatic heterocycles. The smallest absolute Gasteiger partial charge is 0.0676 e. The van der Waals surface area contributed by atoms with E-state index < -0.39 is 5.41 Å². The molecular formula is C67H47NS. The largest absolute Gasteiger partial charge is 0.314 e. The third kappa shape index (κ3) is 6.82. The summed E-state index contributed by atoms with van der Waals surface area (Å²) >= 11 is 1.87. The van der Waals surface area contributed by atoms with Gasteiger partial charge in [-0.05, 0) is 128 Å². The van der Waals surface area contributed by atoms with Crippen molar-refractivity contribution in [2.75, 3.05) is 4.90 Å². The number of fused-ring (bicyclic) bond motifs is 5. The second kappa shape index (κ2) is 17.1. The van der Waals surface area contributed by atoms with Gasteiger partial charge in [0, 0.05) is 37.1 Å². The lowest BCUT2D eigenvalue weighted by molar-refractivity contribution is 0.686. The lowest BCUT2D eigenvalue weighted by atomic mass is 9.65. The summed E-state index contributed by atoms with van der Waals surface area (Å²) in [6.07, 6.45) is 4.30. The van der Waals surface area contributed by atoms with E-state index in [-0.39, 0.29) is 0 Å². The normalized spacial score (nSPS) is 13.8. The molecule has 1 heterocycles. The van der Waals surface area contributed by atoms with E-state index in [2.05, 4.69) is 266 Å². The molecule has 0 unspecified atom stereocenters. The van der Waals surface area contributed by atoms with Crippen molar-refractivity contribution in [3.05, 3.63) is 294 Å². The fourth-order valence-corrected chi connectivity index (χ4v) is 12.6. The van der Waals surface area contributed by atoms with E-state index in [0.29, 0.717) is 0 Å². The van der Waals surface area contributed by atoms with Crippen LogP contribution in [0.4, 0.5) is 11.4 Å². The molecule has 0 fully saturated rings. The molecule has 13 rings (SSSR count). The average Bonchev–Trinajstić information content (AvgIpc) is 3.95. The van der Waals surface area contributed by atoms with Crippen LogP contribution in [0.15, 0.2) is 272 Å². The van der Waals surface area contributed by atoms with E-state index in [4.69, 9.17) is 0 Å². The van der Waals surface area contributed by atoms with Gasteiger partial charge in [-0.1, -0.05) is 218 Å². The number of nitrogens with zero attached hydrogens (tertiary/aromatic N) is 1. The molecule has 1 nitrogen and oxygen atoms in total. The minimum Gasteiger partial charge on any atom is -0.314 e. The van der Waals surface area contributed by atoms with Crippen LogP contribution in [0.2, 0.25) is 0 Å². The van der Waals surface area contributed by atoms with Gasteiger partial charge in [0.15, 0.2) is 0 Å². The van der Waals surface area contributed by atoms with E-state index in [9.17, 15) is 0 Å². The molecule has 2 aliphatic carbocycles. The van der Waals surface area contributed by atoms with Gasteiger partial charge in [-0.25, -0.2) is 0 Å². The number of allylic oxidation sites excluding steroid dienone is 4. The Morgan fingerprint density at radius 1 is 0.362 bits per heavy atom. The van der Waals surface area contributed by atoms with Crippen LogP contribution < -0.4 is 4.90 Å². The second-order valence-electron chi connectivity index (χ2n) is 18.2. The van der Waals surface area contributed by atoms with Gasteiger partial charge in [-0.3, -0.25) is 0 Å². The number of benzene rings is 10. The highest BCUT2D eigenvalue weighted by atomic mass is 32.1. The number of hydrogen-bond donors (Lipinski definition) is 0. The summed E-state index contributed by atoms with van der Waals surface area (Å²) < 4.78 is 2.65. The molecular weight excluding hydrogens is 851 g/mol. The third-order valence-electron chi connectivity index (χ3n) is 14.5. The van der Waals surface area contributed by atoms with Crippen molar-refractivity contribution in [2.24, 2.45) is 0 Å². The molecule has 0 amide bonds. The van der Waals surface area contributed by atoms with Crippen LogP contribution in [0.5, 0.6) is 0 Å². The standard InChI is InChI=1S/C67H47NS/c1-4-20-47(21-5-1)53-26-10-11-27-54(53)55-28-12-13-29-56(55)58-31-15-18-34-64(58)68(51-39-36-46(37-40-51)48-38-43-66-61(44-48)59-32-16-19-35-65(59)69-66)52-41-42-63-60(45-52)57-30-14-17-33-62(57)67(63,49-22-6-2-7-23-49)50-24-8-3-9-25-50/h1-40,43-45H,41-42H2. The zero-order valence-corrected chi connectivity index (χ0v) is 38.9.